The van der Waals surface area contributed by atoms with E-state index in [1.165, 1.54) is 0 Å². The van der Waals surface area contributed by atoms with E-state index in [9.17, 15) is 14.7 Å². The quantitative estimate of drug-likeness (QED) is 0.818. The van der Waals surface area contributed by atoms with Crippen LogP contribution in [-0.4, -0.2) is 39.6 Å². The molecular formula is C15H26N2O3. The minimum atomic E-state index is -1.05. The molecule has 2 N–H and O–H groups in total. The molecule has 1 saturated carbocycles. The van der Waals surface area contributed by atoms with Crippen LogP contribution in [0.5, 0.6) is 0 Å². The van der Waals surface area contributed by atoms with Gasteiger partial charge in [0, 0.05) is 12.1 Å². The van der Waals surface area contributed by atoms with E-state index in [0.717, 1.165) is 38.5 Å². The molecule has 2 amide bonds. The molecule has 1 aliphatic carbocycles. The van der Waals surface area contributed by atoms with Gasteiger partial charge in [0.2, 0.25) is 0 Å². The van der Waals surface area contributed by atoms with Gasteiger partial charge in [0.1, 0.15) is 5.54 Å². The van der Waals surface area contributed by atoms with Crippen molar-refractivity contribution in [2.45, 2.75) is 82.8 Å². The van der Waals surface area contributed by atoms with Crippen LogP contribution in [0.1, 0.15) is 65.2 Å². The monoisotopic (exact) mass is 282 g/mol. The summed E-state index contributed by atoms with van der Waals surface area (Å²) < 4.78 is 0. The van der Waals surface area contributed by atoms with E-state index >= 15 is 0 Å². The van der Waals surface area contributed by atoms with Crippen LogP contribution in [0.25, 0.3) is 0 Å². The molecule has 0 aromatic rings. The number of urea groups is 1. The van der Waals surface area contributed by atoms with E-state index in [0.29, 0.717) is 12.8 Å². The Bertz CT molecular complexity index is 367. The summed E-state index contributed by atoms with van der Waals surface area (Å²) in [6.45, 7) is 4.09. The highest BCUT2D eigenvalue weighted by Gasteiger charge is 2.43. The number of carboxylic acid groups (broad SMARTS) is 1. The van der Waals surface area contributed by atoms with Crippen LogP contribution in [0.3, 0.4) is 0 Å². The second-order valence-corrected chi connectivity index (χ2v) is 6.41. The van der Waals surface area contributed by atoms with Gasteiger partial charge in [-0.05, 0) is 46.0 Å². The molecule has 2 atom stereocenters. The number of carbonyl (C=O) groups is 2. The van der Waals surface area contributed by atoms with Crippen molar-refractivity contribution in [1.82, 2.24) is 10.2 Å². The lowest BCUT2D eigenvalue weighted by Gasteiger charge is -2.42. The SMILES string of the molecule is C[C@@H]1CCC[C@H](C)N1C(=O)NC1(C(=O)O)CCCCC1. The molecule has 5 nitrogen and oxygen atoms in total. The molecule has 2 rings (SSSR count). The van der Waals surface area contributed by atoms with Crippen LogP contribution in [0.2, 0.25) is 0 Å². The Morgan fingerprint density at radius 1 is 1.05 bits per heavy atom. The standard InChI is InChI=1S/C15H26N2O3/c1-11-7-6-8-12(2)17(11)14(20)16-15(13(18)19)9-4-3-5-10-15/h11-12H,3-10H2,1-2H3,(H,16,20)(H,18,19)/t11-,12+. The Hall–Kier alpha value is -1.26. The zero-order valence-corrected chi connectivity index (χ0v) is 12.5. The maximum atomic E-state index is 12.5. The molecule has 0 radical (unpaired) electrons. The molecule has 2 fully saturated rings. The van der Waals surface area contributed by atoms with E-state index in [-0.39, 0.29) is 18.1 Å². The highest BCUT2D eigenvalue weighted by Crippen LogP contribution is 2.30. The first-order chi connectivity index (χ1) is 9.46. The number of carboxylic acids is 1. The maximum absolute atomic E-state index is 12.5. The first-order valence-corrected chi connectivity index (χ1v) is 7.80. The van der Waals surface area contributed by atoms with E-state index < -0.39 is 11.5 Å². The second kappa shape index (κ2) is 6.02. The van der Waals surface area contributed by atoms with Crippen LogP contribution in [0.4, 0.5) is 4.79 Å². The zero-order valence-electron chi connectivity index (χ0n) is 12.5. The van der Waals surface area contributed by atoms with Crippen molar-refractivity contribution >= 4 is 12.0 Å². The number of piperidine rings is 1. The Morgan fingerprint density at radius 2 is 1.60 bits per heavy atom. The highest BCUT2D eigenvalue weighted by molar-refractivity contribution is 5.86. The molecule has 0 bridgehead atoms. The van der Waals surface area contributed by atoms with Crippen molar-refractivity contribution in [1.29, 1.82) is 0 Å². The second-order valence-electron chi connectivity index (χ2n) is 6.41. The van der Waals surface area contributed by atoms with Crippen LogP contribution in [0, 0.1) is 0 Å². The van der Waals surface area contributed by atoms with E-state index in [4.69, 9.17) is 0 Å². The number of nitrogens with one attached hydrogen (secondary N) is 1. The van der Waals surface area contributed by atoms with Gasteiger partial charge in [0.25, 0.3) is 0 Å². The fourth-order valence-corrected chi connectivity index (χ4v) is 3.64. The average Bonchev–Trinajstić information content (AvgIpc) is 2.39. The zero-order chi connectivity index (χ0) is 14.8. The van der Waals surface area contributed by atoms with Crippen LogP contribution in [0.15, 0.2) is 0 Å². The van der Waals surface area contributed by atoms with Gasteiger partial charge in [-0.3, -0.25) is 0 Å². The third-order valence-electron chi connectivity index (χ3n) is 4.89. The molecule has 0 aromatic carbocycles. The molecule has 20 heavy (non-hydrogen) atoms. The van der Waals surface area contributed by atoms with Crippen LogP contribution >= 0.6 is 0 Å². The van der Waals surface area contributed by atoms with Gasteiger partial charge in [-0.15, -0.1) is 0 Å². The van der Waals surface area contributed by atoms with Gasteiger partial charge in [0.15, 0.2) is 0 Å². The predicted molar refractivity (Wildman–Crippen MR) is 76.6 cm³/mol. The molecular weight excluding hydrogens is 256 g/mol. The summed E-state index contributed by atoms with van der Waals surface area (Å²) >= 11 is 0. The number of carbonyl (C=O) groups excluding carboxylic acids is 1. The lowest BCUT2D eigenvalue weighted by Crippen LogP contribution is -2.61. The Balaban J connectivity index is 2.09. The number of aliphatic carboxylic acids is 1. The molecule has 2 aliphatic rings. The summed E-state index contributed by atoms with van der Waals surface area (Å²) in [5.74, 6) is -0.886. The molecule has 0 unspecified atom stereocenters. The summed E-state index contributed by atoms with van der Waals surface area (Å²) in [6.07, 6.45) is 7.03. The molecule has 1 saturated heterocycles. The smallest absolute Gasteiger partial charge is 0.329 e. The number of likely N-dealkylation sites (tertiary alicyclic amines) is 1. The van der Waals surface area contributed by atoms with Gasteiger partial charge in [-0.25, -0.2) is 9.59 Å². The fourth-order valence-electron chi connectivity index (χ4n) is 3.64. The van der Waals surface area contributed by atoms with E-state index in [2.05, 4.69) is 5.32 Å². The lowest BCUT2D eigenvalue weighted by atomic mass is 9.81. The minimum Gasteiger partial charge on any atom is -0.480 e. The number of hydrogen-bond acceptors (Lipinski definition) is 2. The Labute approximate surface area is 120 Å². The molecule has 114 valence electrons. The normalized spacial score (nSPS) is 29.8. The summed E-state index contributed by atoms with van der Waals surface area (Å²) in [6, 6.07) is 0.176. The Morgan fingerprint density at radius 3 is 2.10 bits per heavy atom. The fraction of sp³-hybridized carbons (Fsp3) is 0.867. The summed E-state index contributed by atoms with van der Waals surface area (Å²) in [5.41, 5.74) is -1.05. The summed E-state index contributed by atoms with van der Waals surface area (Å²) in [7, 11) is 0. The van der Waals surface area contributed by atoms with Crippen molar-refractivity contribution in [3.8, 4) is 0 Å². The van der Waals surface area contributed by atoms with Crippen LogP contribution < -0.4 is 5.32 Å². The maximum Gasteiger partial charge on any atom is 0.329 e. The third kappa shape index (κ3) is 2.91. The molecule has 1 aliphatic heterocycles. The van der Waals surface area contributed by atoms with E-state index in [1.807, 2.05) is 18.7 Å². The number of rotatable bonds is 2. The van der Waals surface area contributed by atoms with Crippen molar-refractivity contribution in [3.05, 3.63) is 0 Å². The van der Waals surface area contributed by atoms with Gasteiger partial charge < -0.3 is 15.3 Å². The van der Waals surface area contributed by atoms with Gasteiger partial charge >= 0.3 is 12.0 Å². The number of nitrogens with zero attached hydrogens (tertiary/aromatic N) is 1. The predicted octanol–water partition coefficient (Wildman–Crippen LogP) is 2.75. The topological polar surface area (TPSA) is 69.6 Å². The molecule has 0 spiro atoms. The largest absolute Gasteiger partial charge is 0.480 e. The first-order valence-electron chi connectivity index (χ1n) is 7.80. The van der Waals surface area contributed by atoms with Crippen molar-refractivity contribution < 1.29 is 14.7 Å². The third-order valence-corrected chi connectivity index (χ3v) is 4.89. The molecule has 5 heteroatoms. The molecule has 1 heterocycles. The Kier molecular flexibility index (Phi) is 4.55. The highest BCUT2D eigenvalue weighted by atomic mass is 16.4. The van der Waals surface area contributed by atoms with Crippen molar-refractivity contribution in [3.63, 3.8) is 0 Å². The van der Waals surface area contributed by atoms with Crippen LogP contribution in [-0.2, 0) is 4.79 Å². The number of hydrogen-bond donors (Lipinski definition) is 2. The van der Waals surface area contributed by atoms with Crippen molar-refractivity contribution in [2.75, 3.05) is 0 Å². The van der Waals surface area contributed by atoms with Crippen molar-refractivity contribution in [2.24, 2.45) is 0 Å². The lowest BCUT2D eigenvalue weighted by molar-refractivity contribution is -0.146. The van der Waals surface area contributed by atoms with E-state index in [1.54, 1.807) is 0 Å². The summed E-state index contributed by atoms with van der Waals surface area (Å²) in [4.78, 5) is 26.0. The minimum absolute atomic E-state index is 0.188. The van der Waals surface area contributed by atoms with Gasteiger partial charge in [0.05, 0.1) is 0 Å². The van der Waals surface area contributed by atoms with Gasteiger partial charge in [-0.2, -0.15) is 0 Å². The number of amides is 2. The average molecular weight is 282 g/mol. The van der Waals surface area contributed by atoms with Gasteiger partial charge in [-0.1, -0.05) is 19.3 Å². The summed E-state index contributed by atoms with van der Waals surface area (Å²) in [5, 5.41) is 12.4. The first kappa shape index (κ1) is 15.1. The molecule has 0 aromatic heterocycles.